The van der Waals surface area contributed by atoms with Crippen LogP contribution in [-0.4, -0.2) is 15.0 Å². The van der Waals surface area contributed by atoms with E-state index >= 15 is 0 Å². The van der Waals surface area contributed by atoms with Crippen LogP contribution in [0, 0.1) is 5.82 Å². The monoisotopic (exact) mass is 244 g/mol. The van der Waals surface area contributed by atoms with E-state index in [2.05, 4.69) is 4.74 Å². The molecule has 0 unspecified atom stereocenters. The summed E-state index contributed by atoms with van der Waals surface area (Å²) >= 11 is 0. The second-order valence-electron chi connectivity index (χ2n) is 2.41. The Kier molecular flexibility index (Phi) is 3.18. The Hall–Kier alpha value is -1.31. The molecule has 15 heavy (non-hydrogen) atoms. The molecular formula is C7H4F4O3S. The van der Waals surface area contributed by atoms with E-state index < -0.39 is 33.3 Å². The third-order valence-electron chi connectivity index (χ3n) is 1.38. The molecule has 84 valence electrons. The van der Waals surface area contributed by atoms with Crippen molar-refractivity contribution in [2.75, 3.05) is 0 Å². The molecule has 1 aromatic carbocycles. The van der Waals surface area contributed by atoms with Gasteiger partial charge in [0.05, 0.1) is 0 Å². The minimum absolute atomic E-state index is 0.360. The lowest BCUT2D eigenvalue weighted by Gasteiger charge is -2.07. The fraction of sp³-hybridized carbons (Fsp3) is 0.143. The smallest absolute Gasteiger partial charge is 0.387 e. The quantitative estimate of drug-likeness (QED) is 0.604. The van der Waals surface area contributed by atoms with Gasteiger partial charge in [0, 0.05) is 6.07 Å². The zero-order valence-corrected chi connectivity index (χ0v) is 7.77. The van der Waals surface area contributed by atoms with Crippen LogP contribution in [0.1, 0.15) is 0 Å². The summed E-state index contributed by atoms with van der Waals surface area (Å²) in [6, 6.07) is 1.48. The molecule has 0 fully saturated rings. The molecule has 0 atom stereocenters. The Morgan fingerprint density at radius 3 is 2.33 bits per heavy atom. The molecule has 0 aliphatic heterocycles. The first-order valence-electron chi connectivity index (χ1n) is 3.50. The number of benzene rings is 1. The van der Waals surface area contributed by atoms with Crippen molar-refractivity contribution in [2.24, 2.45) is 0 Å². The van der Waals surface area contributed by atoms with Crippen LogP contribution in [0.25, 0.3) is 0 Å². The maximum Gasteiger partial charge on any atom is 0.387 e. The first-order chi connectivity index (χ1) is 6.80. The van der Waals surface area contributed by atoms with Gasteiger partial charge in [0.1, 0.15) is 16.5 Å². The van der Waals surface area contributed by atoms with E-state index in [-0.39, 0.29) is 0 Å². The Bertz CT molecular complexity index is 457. The van der Waals surface area contributed by atoms with E-state index in [1.165, 1.54) is 0 Å². The van der Waals surface area contributed by atoms with Crippen LogP contribution in [0.2, 0.25) is 0 Å². The molecule has 8 heteroatoms. The molecule has 0 spiro atoms. The van der Waals surface area contributed by atoms with Crippen LogP contribution in [0.15, 0.2) is 23.1 Å². The van der Waals surface area contributed by atoms with Crippen LogP contribution >= 0.6 is 0 Å². The van der Waals surface area contributed by atoms with Gasteiger partial charge in [-0.15, -0.1) is 3.89 Å². The van der Waals surface area contributed by atoms with Crippen molar-refractivity contribution in [3.63, 3.8) is 0 Å². The van der Waals surface area contributed by atoms with Gasteiger partial charge in [0.2, 0.25) is 0 Å². The topological polar surface area (TPSA) is 43.4 Å². The van der Waals surface area contributed by atoms with Gasteiger partial charge in [0.25, 0.3) is 0 Å². The van der Waals surface area contributed by atoms with Crippen molar-refractivity contribution in [3.8, 4) is 5.75 Å². The predicted molar refractivity (Wildman–Crippen MR) is 41.3 cm³/mol. The summed E-state index contributed by atoms with van der Waals surface area (Å²) < 4.78 is 73.1. The van der Waals surface area contributed by atoms with E-state index in [0.29, 0.717) is 18.2 Å². The van der Waals surface area contributed by atoms with Crippen molar-refractivity contribution in [3.05, 3.63) is 24.0 Å². The molecule has 0 amide bonds. The molecule has 0 heterocycles. The van der Waals surface area contributed by atoms with E-state index in [1.807, 2.05) is 0 Å². The SMILES string of the molecule is O=S(=O)(F)c1ccc(F)cc1OC(F)F. The van der Waals surface area contributed by atoms with Gasteiger partial charge < -0.3 is 4.74 Å². The highest BCUT2D eigenvalue weighted by molar-refractivity contribution is 7.86. The molecule has 0 radical (unpaired) electrons. The molecule has 0 N–H and O–H groups in total. The van der Waals surface area contributed by atoms with Crippen LogP contribution < -0.4 is 4.74 Å². The number of alkyl halides is 2. The summed E-state index contributed by atoms with van der Waals surface area (Å²) in [4.78, 5) is -1.14. The summed E-state index contributed by atoms with van der Waals surface area (Å²) in [5, 5.41) is 0. The number of rotatable bonds is 3. The molecule has 0 aliphatic rings. The molecule has 1 rings (SSSR count). The standard InChI is InChI=1S/C7H4F4O3S/c8-4-1-2-6(15(11,12)13)5(3-4)14-7(9)10/h1-3,7H. The number of hydrogen-bond acceptors (Lipinski definition) is 3. The molecule has 3 nitrogen and oxygen atoms in total. The third kappa shape index (κ3) is 3.08. The fourth-order valence-corrected chi connectivity index (χ4v) is 1.45. The van der Waals surface area contributed by atoms with Crippen LogP contribution in [0.3, 0.4) is 0 Å². The predicted octanol–water partition coefficient (Wildman–Crippen LogP) is 2.09. The normalized spacial score (nSPS) is 11.8. The van der Waals surface area contributed by atoms with E-state index in [4.69, 9.17) is 0 Å². The molecule has 0 saturated carbocycles. The summed E-state index contributed by atoms with van der Waals surface area (Å²) in [6.45, 7) is -3.37. The Morgan fingerprint density at radius 2 is 1.87 bits per heavy atom. The molecular weight excluding hydrogens is 240 g/mol. The highest BCUT2D eigenvalue weighted by Gasteiger charge is 2.21. The van der Waals surface area contributed by atoms with Gasteiger partial charge in [-0.1, -0.05) is 0 Å². The lowest BCUT2D eigenvalue weighted by molar-refractivity contribution is -0.0519. The molecule has 0 bridgehead atoms. The van der Waals surface area contributed by atoms with Crippen LogP contribution in [0.5, 0.6) is 5.75 Å². The Labute approximate surface area is 82.5 Å². The van der Waals surface area contributed by atoms with Crippen molar-refractivity contribution in [2.45, 2.75) is 11.5 Å². The fourth-order valence-electron chi connectivity index (χ4n) is 0.871. The van der Waals surface area contributed by atoms with Crippen molar-refractivity contribution >= 4 is 10.2 Å². The van der Waals surface area contributed by atoms with Crippen molar-refractivity contribution < 1.29 is 30.2 Å². The lowest BCUT2D eigenvalue weighted by Crippen LogP contribution is -2.06. The zero-order valence-electron chi connectivity index (χ0n) is 6.95. The maximum atomic E-state index is 12.5. The number of halogens is 4. The van der Waals surface area contributed by atoms with Gasteiger partial charge in [-0.2, -0.15) is 17.2 Å². The van der Waals surface area contributed by atoms with Crippen LogP contribution in [0.4, 0.5) is 17.1 Å². The number of hydrogen-bond donors (Lipinski definition) is 0. The minimum atomic E-state index is -5.22. The summed E-state index contributed by atoms with van der Waals surface area (Å²) in [5.41, 5.74) is 0. The average molecular weight is 244 g/mol. The molecule has 0 aliphatic carbocycles. The summed E-state index contributed by atoms with van der Waals surface area (Å²) in [7, 11) is -5.22. The molecule has 0 aromatic heterocycles. The van der Waals surface area contributed by atoms with Gasteiger partial charge in [0.15, 0.2) is 0 Å². The van der Waals surface area contributed by atoms with Gasteiger partial charge in [-0.05, 0) is 12.1 Å². The van der Waals surface area contributed by atoms with Crippen molar-refractivity contribution in [1.29, 1.82) is 0 Å². The van der Waals surface area contributed by atoms with Gasteiger partial charge >= 0.3 is 16.8 Å². The Morgan fingerprint density at radius 1 is 1.27 bits per heavy atom. The second kappa shape index (κ2) is 4.05. The van der Waals surface area contributed by atoms with E-state index in [1.54, 1.807) is 0 Å². The molecule has 1 aromatic rings. The largest absolute Gasteiger partial charge is 0.433 e. The summed E-state index contributed by atoms with van der Waals surface area (Å²) in [6.07, 6.45) is 0. The number of ether oxygens (including phenoxy) is 1. The summed E-state index contributed by atoms with van der Waals surface area (Å²) in [5.74, 6) is -2.08. The highest BCUT2D eigenvalue weighted by Crippen LogP contribution is 2.27. The first kappa shape index (κ1) is 11.8. The minimum Gasteiger partial charge on any atom is -0.433 e. The van der Waals surface area contributed by atoms with E-state index in [9.17, 15) is 25.5 Å². The van der Waals surface area contributed by atoms with Crippen molar-refractivity contribution in [1.82, 2.24) is 0 Å². The van der Waals surface area contributed by atoms with E-state index in [0.717, 1.165) is 0 Å². The zero-order chi connectivity index (χ0) is 11.6. The maximum absolute atomic E-state index is 12.5. The second-order valence-corrected chi connectivity index (χ2v) is 3.72. The highest BCUT2D eigenvalue weighted by atomic mass is 32.3. The first-order valence-corrected chi connectivity index (χ1v) is 4.88. The lowest BCUT2D eigenvalue weighted by atomic mass is 10.3. The molecule has 0 saturated heterocycles. The average Bonchev–Trinajstić information content (AvgIpc) is 1.99. The van der Waals surface area contributed by atoms with Crippen LogP contribution in [-0.2, 0) is 10.2 Å². The Balaban J connectivity index is 3.27. The third-order valence-corrected chi connectivity index (χ3v) is 2.25. The van der Waals surface area contributed by atoms with Gasteiger partial charge in [-0.25, -0.2) is 4.39 Å². The van der Waals surface area contributed by atoms with Gasteiger partial charge in [-0.3, -0.25) is 0 Å².